The predicted octanol–water partition coefficient (Wildman–Crippen LogP) is 2.62. The molecule has 0 amide bonds. The number of rotatable bonds is 3. The van der Waals surface area contributed by atoms with E-state index in [1.807, 2.05) is 27.7 Å². The largest absolute Gasteiger partial charge is 0.493 e. The Kier molecular flexibility index (Phi) is 3.99. The van der Waals surface area contributed by atoms with Crippen LogP contribution < -0.4 is 10.5 Å². The number of esters is 1. The number of hydrogen-bond acceptors (Lipinski definition) is 4. The van der Waals surface area contributed by atoms with Crippen molar-refractivity contribution in [3.63, 3.8) is 0 Å². The van der Waals surface area contributed by atoms with Crippen LogP contribution in [0.2, 0.25) is 0 Å². The van der Waals surface area contributed by atoms with Crippen molar-refractivity contribution in [2.24, 2.45) is 0 Å². The van der Waals surface area contributed by atoms with Gasteiger partial charge in [0.2, 0.25) is 0 Å². The van der Waals surface area contributed by atoms with Gasteiger partial charge in [-0.3, -0.25) is 0 Å². The fourth-order valence-corrected chi connectivity index (χ4v) is 1.37. The highest BCUT2D eigenvalue weighted by molar-refractivity contribution is 5.98. The normalized spacial score (nSPS) is 11.1. The van der Waals surface area contributed by atoms with Crippen LogP contribution >= 0.6 is 0 Å². The summed E-state index contributed by atoms with van der Waals surface area (Å²) >= 11 is 0. The zero-order valence-corrected chi connectivity index (χ0v) is 10.7. The van der Waals surface area contributed by atoms with Crippen molar-refractivity contribution in [2.45, 2.75) is 33.3 Å². The number of nitrogen functional groups attached to an aromatic ring is 1. The summed E-state index contributed by atoms with van der Waals surface area (Å²) in [5.41, 5.74) is 5.90. The lowest BCUT2D eigenvalue weighted by Gasteiger charge is -2.21. The molecule has 0 aliphatic carbocycles. The molecule has 0 aromatic heterocycles. The van der Waals surface area contributed by atoms with Crippen molar-refractivity contribution in [1.29, 1.82) is 0 Å². The minimum Gasteiger partial charge on any atom is -0.493 e. The Morgan fingerprint density at radius 1 is 1.35 bits per heavy atom. The summed E-state index contributed by atoms with van der Waals surface area (Å²) in [5.74, 6) is 0.000741. The van der Waals surface area contributed by atoms with Gasteiger partial charge in [-0.25, -0.2) is 4.79 Å². The molecule has 0 saturated heterocycles. The maximum Gasteiger partial charge on any atom is 0.344 e. The third kappa shape index (κ3) is 3.66. The molecule has 0 radical (unpaired) electrons. The van der Waals surface area contributed by atoms with Gasteiger partial charge < -0.3 is 15.2 Å². The van der Waals surface area contributed by atoms with Gasteiger partial charge in [-0.15, -0.1) is 0 Å². The molecule has 4 nitrogen and oxygen atoms in total. The molecule has 0 spiro atoms. The molecular weight excluding hydrogens is 218 g/mol. The topological polar surface area (TPSA) is 61.5 Å². The van der Waals surface area contributed by atoms with E-state index in [9.17, 15) is 4.79 Å². The van der Waals surface area contributed by atoms with Gasteiger partial charge in [-0.2, -0.15) is 0 Å². The molecule has 1 rings (SSSR count). The molecule has 17 heavy (non-hydrogen) atoms. The first-order chi connectivity index (χ1) is 7.85. The lowest BCUT2D eigenvalue weighted by atomic mass is 10.1. The van der Waals surface area contributed by atoms with Gasteiger partial charge in [0.05, 0.1) is 6.61 Å². The molecule has 1 aromatic rings. The molecule has 4 heteroatoms. The number of nitrogens with two attached hydrogens (primary N) is 1. The lowest BCUT2D eigenvalue weighted by Crippen LogP contribution is -2.24. The third-order valence-electron chi connectivity index (χ3n) is 1.96. The molecule has 0 aliphatic heterocycles. The number of carbonyl (C=O) groups is 1. The number of anilines is 1. The molecule has 0 saturated carbocycles. The van der Waals surface area contributed by atoms with E-state index in [1.165, 1.54) is 0 Å². The molecule has 0 heterocycles. The predicted molar refractivity (Wildman–Crippen MR) is 67.2 cm³/mol. The van der Waals surface area contributed by atoms with Crippen LogP contribution in [0.3, 0.4) is 0 Å². The van der Waals surface area contributed by atoms with Crippen LogP contribution in [0.4, 0.5) is 5.69 Å². The SMILES string of the molecule is CCOc1cccc(N)c1C(=O)OC(C)(C)C. The Hall–Kier alpha value is -1.71. The van der Waals surface area contributed by atoms with E-state index in [0.29, 0.717) is 23.6 Å². The summed E-state index contributed by atoms with van der Waals surface area (Å²) in [6, 6.07) is 5.11. The Labute approximate surface area is 102 Å². The average molecular weight is 237 g/mol. The van der Waals surface area contributed by atoms with E-state index < -0.39 is 11.6 Å². The fraction of sp³-hybridized carbons (Fsp3) is 0.462. The summed E-state index contributed by atoms with van der Waals surface area (Å²) in [7, 11) is 0. The molecule has 1 aromatic carbocycles. The standard InChI is InChI=1S/C13H19NO3/c1-5-16-10-8-6-7-9(14)11(10)12(15)17-13(2,3)4/h6-8H,5,14H2,1-4H3. The van der Waals surface area contributed by atoms with Crippen LogP contribution in [0, 0.1) is 0 Å². The molecule has 0 unspecified atom stereocenters. The molecule has 0 aliphatic rings. The highest BCUT2D eigenvalue weighted by Crippen LogP contribution is 2.26. The van der Waals surface area contributed by atoms with E-state index in [2.05, 4.69) is 0 Å². The van der Waals surface area contributed by atoms with Crippen molar-refractivity contribution in [2.75, 3.05) is 12.3 Å². The van der Waals surface area contributed by atoms with Crippen LogP contribution in [-0.4, -0.2) is 18.2 Å². The molecular formula is C13H19NO3. The monoisotopic (exact) mass is 237 g/mol. The van der Waals surface area contributed by atoms with Crippen molar-refractivity contribution >= 4 is 11.7 Å². The number of benzene rings is 1. The maximum atomic E-state index is 12.0. The van der Waals surface area contributed by atoms with E-state index in [-0.39, 0.29) is 0 Å². The van der Waals surface area contributed by atoms with Crippen LogP contribution in [0.5, 0.6) is 5.75 Å². The van der Waals surface area contributed by atoms with E-state index in [4.69, 9.17) is 15.2 Å². The minimum atomic E-state index is -0.553. The van der Waals surface area contributed by atoms with E-state index in [0.717, 1.165) is 0 Å². The van der Waals surface area contributed by atoms with Gasteiger partial charge in [0.15, 0.2) is 0 Å². The zero-order chi connectivity index (χ0) is 13.1. The Balaban J connectivity index is 3.07. The van der Waals surface area contributed by atoms with Gasteiger partial charge in [-0.05, 0) is 39.8 Å². The zero-order valence-electron chi connectivity index (χ0n) is 10.7. The van der Waals surface area contributed by atoms with Gasteiger partial charge in [0.25, 0.3) is 0 Å². The average Bonchev–Trinajstić information content (AvgIpc) is 2.15. The van der Waals surface area contributed by atoms with Gasteiger partial charge in [0, 0.05) is 5.69 Å². The number of ether oxygens (including phenoxy) is 2. The molecule has 0 atom stereocenters. The molecule has 2 N–H and O–H groups in total. The summed E-state index contributed by atoms with van der Waals surface area (Å²) in [4.78, 5) is 12.0. The number of carbonyl (C=O) groups excluding carboxylic acids is 1. The summed E-state index contributed by atoms with van der Waals surface area (Å²) < 4.78 is 10.7. The number of hydrogen-bond donors (Lipinski definition) is 1. The fourth-order valence-electron chi connectivity index (χ4n) is 1.37. The summed E-state index contributed by atoms with van der Waals surface area (Å²) in [5, 5.41) is 0. The van der Waals surface area contributed by atoms with Crippen molar-refractivity contribution < 1.29 is 14.3 Å². The highest BCUT2D eigenvalue weighted by atomic mass is 16.6. The Morgan fingerprint density at radius 2 is 2.00 bits per heavy atom. The van der Waals surface area contributed by atoms with Crippen LogP contribution in [0.1, 0.15) is 38.1 Å². The highest BCUT2D eigenvalue weighted by Gasteiger charge is 2.23. The van der Waals surface area contributed by atoms with Crippen molar-refractivity contribution in [3.05, 3.63) is 23.8 Å². The second kappa shape index (κ2) is 5.08. The summed E-state index contributed by atoms with van der Waals surface area (Å²) in [6.45, 7) is 7.75. The first-order valence-corrected chi connectivity index (χ1v) is 5.59. The van der Waals surface area contributed by atoms with Crippen LogP contribution in [0.25, 0.3) is 0 Å². The Bertz CT molecular complexity index is 408. The van der Waals surface area contributed by atoms with Crippen molar-refractivity contribution in [3.8, 4) is 5.75 Å². The lowest BCUT2D eigenvalue weighted by molar-refractivity contribution is 0.00674. The second-order valence-electron chi connectivity index (χ2n) is 4.66. The van der Waals surface area contributed by atoms with Crippen molar-refractivity contribution in [1.82, 2.24) is 0 Å². The van der Waals surface area contributed by atoms with Gasteiger partial charge in [0.1, 0.15) is 16.9 Å². The van der Waals surface area contributed by atoms with Gasteiger partial charge in [-0.1, -0.05) is 6.07 Å². The summed E-state index contributed by atoms with van der Waals surface area (Å²) in [6.07, 6.45) is 0. The second-order valence-corrected chi connectivity index (χ2v) is 4.66. The first kappa shape index (κ1) is 13.4. The molecule has 0 fully saturated rings. The van der Waals surface area contributed by atoms with Gasteiger partial charge >= 0.3 is 5.97 Å². The first-order valence-electron chi connectivity index (χ1n) is 5.59. The van der Waals surface area contributed by atoms with Crippen LogP contribution in [0.15, 0.2) is 18.2 Å². The van der Waals surface area contributed by atoms with E-state index in [1.54, 1.807) is 18.2 Å². The smallest absolute Gasteiger partial charge is 0.344 e. The minimum absolute atomic E-state index is 0.296. The molecule has 94 valence electrons. The Morgan fingerprint density at radius 3 is 2.53 bits per heavy atom. The maximum absolute atomic E-state index is 12.0. The third-order valence-corrected chi connectivity index (χ3v) is 1.96. The molecule has 0 bridgehead atoms. The quantitative estimate of drug-likeness (QED) is 0.648. The van der Waals surface area contributed by atoms with E-state index >= 15 is 0 Å². The van der Waals surface area contributed by atoms with Crippen LogP contribution in [-0.2, 0) is 4.74 Å².